The second kappa shape index (κ2) is 4.21. The van der Waals surface area contributed by atoms with Crippen molar-refractivity contribution < 1.29 is 9.15 Å². The van der Waals surface area contributed by atoms with Crippen LogP contribution in [0.4, 0.5) is 0 Å². The summed E-state index contributed by atoms with van der Waals surface area (Å²) in [5, 5.41) is 3.46. The first kappa shape index (κ1) is 11.3. The summed E-state index contributed by atoms with van der Waals surface area (Å²) in [7, 11) is 1.76. The Morgan fingerprint density at radius 1 is 1.42 bits per heavy atom. The summed E-state index contributed by atoms with van der Waals surface area (Å²) in [4.78, 5) is 8.26. The van der Waals surface area contributed by atoms with Gasteiger partial charge in [0.05, 0.1) is 24.1 Å². The molecule has 0 amide bonds. The lowest BCUT2D eigenvalue weighted by molar-refractivity contribution is 0.117. The molecule has 100 valence electrons. The summed E-state index contributed by atoms with van der Waals surface area (Å²) in [6, 6.07) is 2.28. The van der Waals surface area contributed by atoms with E-state index in [-0.39, 0.29) is 12.1 Å². The molecule has 1 aliphatic carbocycles. The highest BCUT2D eigenvalue weighted by atomic mass is 16.5. The van der Waals surface area contributed by atoms with Gasteiger partial charge in [-0.15, -0.1) is 0 Å². The van der Waals surface area contributed by atoms with E-state index < -0.39 is 0 Å². The normalized spacial score (nSPS) is 25.3. The van der Waals surface area contributed by atoms with Crippen LogP contribution in [0.25, 0.3) is 11.3 Å². The third-order valence-corrected chi connectivity index (χ3v) is 4.15. The van der Waals surface area contributed by atoms with Crippen LogP contribution in [0.5, 0.6) is 0 Å². The van der Waals surface area contributed by atoms with E-state index in [1.165, 1.54) is 5.69 Å². The number of ether oxygens (including phenoxy) is 1. The molecule has 1 fully saturated rings. The van der Waals surface area contributed by atoms with Crippen molar-refractivity contribution in [3.05, 3.63) is 29.6 Å². The van der Waals surface area contributed by atoms with E-state index in [0.29, 0.717) is 0 Å². The topological polar surface area (TPSA) is 63.1 Å². The average Bonchev–Trinajstić information content (AvgIpc) is 3.15. The van der Waals surface area contributed by atoms with Crippen LogP contribution in [0.15, 0.2) is 16.7 Å². The fourth-order valence-corrected chi connectivity index (χ4v) is 3.07. The number of nitrogens with zero attached hydrogens (tertiary/aromatic N) is 1. The van der Waals surface area contributed by atoms with Crippen molar-refractivity contribution in [2.24, 2.45) is 0 Å². The molecule has 2 aromatic rings. The van der Waals surface area contributed by atoms with E-state index in [9.17, 15) is 0 Å². The number of nitrogens with one attached hydrogen (secondary N) is 2. The summed E-state index contributed by atoms with van der Waals surface area (Å²) >= 11 is 0. The quantitative estimate of drug-likeness (QED) is 0.863. The number of aromatic amines is 1. The maximum atomic E-state index is 5.49. The molecule has 1 saturated heterocycles. The number of furan rings is 1. The predicted octanol–water partition coefficient (Wildman–Crippen LogP) is 1.82. The van der Waals surface area contributed by atoms with Crippen LogP contribution in [0, 0.1) is 0 Å². The van der Waals surface area contributed by atoms with Gasteiger partial charge in [-0.2, -0.15) is 0 Å². The number of imidazole rings is 1. The van der Waals surface area contributed by atoms with Crippen molar-refractivity contribution >= 4 is 0 Å². The van der Waals surface area contributed by atoms with Crippen LogP contribution in [0.1, 0.15) is 29.7 Å². The van der Waals surface area contributed by atoms with Crippen molar-refractivity contribution in [2.75, 3.05) is 13.7 Å². The van der Waals surface area contributed by atoms with Gasteiger partial charge in [0.1, 0.15) is 11.6 Å². The zero-order valence-electron chi connectivity index (χ0n) is 10.9. The second-order valence-electron chi connectivity index (χ2n) is 5.26. The van der Waals surface area contributed by atoms with Crippen LogP contribution in [0.2, 0.25) is 0 Å². The van der Waals surface area contributed by atoms with Crippen molar-refractivity contribution in [1.29, 1.82) is 0 Å². The number of hydrogen-bond donors (Lipinski definition) is 2. The molecule has 2 aliphatic rings. The molecule has 4 rings (SSSR count). The molecule has 0 aromatic carbocycles. The minimum Gasteiger partial charge on any atom is -0.469 e. The van der Waals surface area contributed by atoms with Gasteiger partial charge in [-0.25, -0.2) is 4.98 Å². The standard InChI is InChI=1S/C14H17N3O2/c1-18-8-6-11(15-7-8)14-16-10-2-3-12-9(4-5-19-12)13(10)17-14/h4-5,8,11,15H,2-3,6-7H2,1H3,(H,16,17). The van der Waals surface area contributed by atoms with Crippen molar-refractivity contribution in [1.82, 2.24) is 15.3 Å². The Hall–Kier alpha value is -1.59. The molecule has 2 aromatic heterocycles. The molecule has 0 saturated carbocycles. The lowest BCUT2D eigenvalue weighted by Crippen LogP contribution is -2.16. The Labute approximate surface area is 111 Å². The zero-order chi connectivity index (χ0) is 12.8. The van der Waals surface area contributed by atoms with E-state index in [1.807, 2.05) is 6.07 Å². The molecule has 2 unspecified atom stereocenters. The molecule has 0 radical (unpaired) electrons. The molecule has 1 aliphatic heterocycles. The molecular weight excluding hydrogens is 242 g/mol. The summed E-state index contributed by atoms with van der Waals surface area (Å²) < 4.78 is 10.9. The number of methoxy groups -OCH3 is 1. The summed E-state index contributed by atoms with van der Waals surface area (Å²) in [6.45, 7) is 0.892. The number of rotatable bonds is 2. The van der Waals surface area contributed by atoms with Crippen molar-refractivity contribution in [2.45, 2.75) is 31.4 Å². The van der Waals surface area contributed by atoms with Gasteiger partial charge in [0.2, 0.25) is 0 Å². The monoisotopic (exact) mass is 259 g/mol. The van der Waals surface area contributed by atoms with Crippen LogP contribution in [0.3, 0.4) is 0 Å². The number of H-pyrrole nitrogens is 1. The highest BCUT2D eigenvalue weighted by Gasteiger charge is 2.30. The lowest BCUT2D eigenvalue weighted by atomic mass is 10.00. The van der Waals surface area contributed by atoms with Crippen molar-refractivity contribution in [3.63, 3.8) is 0 Å². The lowest BCUT2D eigenvalue weighted by Gasteiger charge is -2.08. The summed E-state index contributed by atoms with van der Waals surface area (Å²) in [5.41, 5.74) is 3.43. The van der Waals surface area contributed by atoms with E-state index >= 15 is 0 Å². The molecule has 19 heavy (non-hydrogen) atoms. The Kier molecular flexibility index (Phi) is 2.50. The average molecular weight is 259 g/mol. The fourth-order valence-electron chi connectivity index (χ4n) is 3.07. The SMILES string of the molecule is COC1CNC(c2nc3c([nH]2)CCc2occc2-3)C1. The van der Waals surface area contributed by atoms with Crippen LogP contribution < -0.4 is 5.32 Å². The van der Waals surface area contributed by atoms with Gasteiger partial charge in [-0.1, -0.05) is 0 Å². The van der Waals surface area contributed by atoms with Gasteiger partial charge in [0.15, 0.2) is 0 Å². The summed E-state index contributed by atoms with van der Waals surface area (Å²) in [5.74, 6) is 2.08. The smallest absolute Gasteiger partial charge is 0.124 e. The Morgan fingerprint density at radius 2 is 2.37 bits per heavy atom. The molecule has 3 heterocycles. The summed E-state index contributed by atoms with van der Waals surface area (Å²) in [6.07, 6.45) is 4.94. The Morgan fingerprint density at radius 3 is 3.21 bits per heavy atom. The zero-order valence-corrected chi connectivity index (χ0v) is 10.9. The van der Waals surface area contributed by atoms with Crippen molar-refractivity contribution in [3.8, 4) is 11.3 Å². The Bertz CT molecular complexity index is 602. The number of aromatic nitrogens is 2. The first-order valence-corrected chi connectivity index (χ1v) is 6.77. The predicted molar refractivity (Wildman–Crippen MR) is 69.9 cm³/mol. The molecule has 5 heteroatoms. The van der Waals surface area contributed by atoms with Gasteiger partial charge in [-0.3, -0.25) is 0 Å². The van der Waals surface area contributed by atoms with Crippen LogP contribution in [-0.4, -0.2) is 29.7 Å². The fraction of sp³-hybridized carbons (Fsp3) is 0.500. The molecular formula is C14H17N3O2. The second-order valence-corrected chi connectivity index (χ2v) is 5.26. The van der Waals surface area contributed by atoms with Gasteiger partial charge >= 0.3 is 0 Å². The molecule has 5 nitrogen and oxygen atoms in total. The van der Waals surface area contributed by atoms with Gasteiger partial charge in [-0.05, 0) is 18.9 Å². The van der Waals surface area contributed by atoms with Crippen LogP contribution in [-0.2, 0) is 17.6 Å². The van der Waals surface area contributed by atoms with E-state index in [2.05, 4.69) is 10.3 Å². The van der Waals surface area contributed by atoms with Crippen LogP contribution >= 0.6 is 0 Å². The highest BCUT2D eigenvalue weighted by molar-refractivity contribution is 5.66. The number of fused-ring (bicyclic) bond motifs is 3. The third kappa shape index (κ3) is 1.73. The minimum absolute atomic E-state index is 0.269. The minimum atomic E-state index is 0.269. The number of hydrogen-bond acceptors (Lipinski definition) is 4. The first-order chi connectivity index (χ1) is 9.35. The molecule has 2 N–H and O–H groups in total. The van der Waals surface area contributed by atoms with E-state index in [4.69, 9.17) is 14.1 Å². The Balaban J connectivity index is 1.67. The molecule has 0 bridgehead atoms. The maximum Gasteiger partial charge on any atom is 0.124 e. The third-order valence-electron chi connectivity index (χ3n) is 4.15. The van der Waals surface area contributed by atoms with Gasteiger partial charge in [0, 0.05) is 31.3 Å². The van der Waals surface area contributed by atoms with E-state index in [0.717, 1.165) is 48.6 Å². The molecule has 2 atom stereocenters. The largest absolute Gasteiger partial charge is 0.469 e. The maximum absolute atomic E-state index is 5.49. The van der Waals surface area contributed by atoms with Gasteiger partial charge in [0.25, 0.3) is 0 Å². The molecule has 0 spiro atoms. The highest BCUT2D eigenvalue weighted by Crippen LogP contribution is 2.34. The first-order valence-electron chi connectivity index (χ1n) is 6.77. The number of aryl methyl sites for hydroxylation is 2. The van der Waals surface area contributed by atoms with E-state index in [1.54, 1.807) is 13.4 Å². The van der Waals surface area contributed by atoms with Gasteiger partial charge < -0.3 is 19.5 Å².